The Kier molecular flexibility index (Phi) is 4.79. The quantitative estimate of drug-likeness (QED) is 0.700. The molecule has 0 fully saturated rings. The van der Waals surface area contributed by atoms with E-state index in [1.54, 1.807) is 18.2 Å². The first-order valence-corrected chi connectivity index (χ1v) is 5.12. The zero-order chi connectivity index (χ0) is 13.5. The summed E-state index contributed by atoms with van der Waals surface area (Å²) in [7, 11) is 3.04. The van der Waals surface area contributed by atoms with Gasteiger partial charge in [0.1, 0.15) is 11.5 Å². The van der Waals surface area contributed by atoms with Gasteiger partial charge in [-0.3, -0.25) is 10.1 Å². The lowest BCUT2D eigenvalue weighted by Crippen LogP contribution is -2.38. The third kappa shape index (κ3) is 3.85. The third-order valence-corrected chi connectivity index (χ3v) is 2.11. The highest BCUT2D eigenvalue weighted by atomic mass is 16.5. The lowest BCUT2D eigenvalue weighted by molar-refractivity contribution is -0.118. The molecule has 7 heteroatoms. The van der Waals surface area contributed by atoms with Crippen molar-refractivity contribution in [3.63, 3.8) is 0 Å². The summed E-state index contributed by atoms with van der Waals surface area (Å²) in [6.45, 7) is -0.105. The molecular formula is C11H15N3O4. The highest BCUT2D eigenvalue weighted by Crippen LogP contribution is 2.28. The van der Waals surface area contributed by atoms with Gasteiger partial charge in [-0.15, -0.1) is 0 Å². The zero-order valence-corrected chi connectivity index (χ0v) is 10.1. The van der Waals surface area contributed by atoms with Gasteiger partial charge in [0, 0.05) is 6.07 Å². The largest absolute Gasteiger partial charge is 0.497 e. The summed E-state index contributed by atoms with van der Waals surface area (Å²) in [5.74, 6) is 0.642. The highest BCUT2D eigenvalue weighted by Gasteiger charge is 2.08. The van der Waals surface area contributed by atoms with E-state index in [2.05, 4.69) is 5.32 Å². The summed E-state index contributed by atoms with van der Waals surface area (Å²) >= 11 is 0. The van der Waals surface area contributed by atoms with E-state index in [0.717, 1.165) is 0 Å². The fraction of sp³-hybridized carbons (Fsp3) is 0.273. The van der Waals surface area contributed by atoms with Crippen molar-refractivity contribution in [2.75, 3.05) is 26.1 Å². The van der Waals surface area contributed by atoms with E-state index in [4.69, 9.17) is 15.2 Å². The first-order chi connectivity index (χ1) is 8.56. The van der Waals surface area contributed by atoms with Crippen LogP contribution in [-0.4, -0.2) is 32.7 Å². The fourth-order valence-corrected chi connectivity index (χ4v) is 1.31. The summed E-state index contributed by atoms with van der Waals surface area (Å²) in [6, 6.07) is 4.22. The molecule has 0 aliphatic carbocycles. The molecule has 0 aromatic heterocycles. The number of rotatable bonds is 5. The van der Waals surface area contributed by atoms with Crippen LogP contribution in [0.1, 0.15) is 0 Å². The molecule has 0 saturated heterocycles. The average Bonchev–Trinajstić information content (AvgIpc) is 2.35. The molecule has 1 rings (SSSR count). The number of urea groups is 1. The molecule has 0 aliphatic heterocycles. The van der Waals surface area contributed by atoms with E-state index in [1.807, 2.05) is 5.32 Å². The topological polar surface area (TPSA) is 103 Å². The first-order valence-electron chi connectivity index (χ1n) is 5.12. The Morgan fingerprint density at radius 1 is 1.28 bits per heavy atom. The molecular weight excluding hydrogens is 238 g/mol. The standard InChI is InChI=1S/C11H15N3O4/c1-17-7-3-4-9(18-2)8(5-7)13-6-10(15)14-11(12)16/h3-5,13H,6H2,1-2H3,(H3,12,14,15,16). The van der Waals surface area contributed by atoms with Crippen molar-refractivity contribution < 1.29 is 19.1 Å². The molecule has 7 nitrogen and oxygen atoms in total. The Labute approximate surface area is 104 Å². The van der Waals surface area contributed by atoms with E-state index >= 15 is 0 Å². The summed E-state index contributed by atoms with van der Waals surface area (Å²) in [4.78, 5) is 21.7. The van der Waals surface area contributed by atoms with Crippen molar-refractivity contribution in [2.45, 2.75) is 0 Å². The molecule has 4 N–H and O–H groups in total. The maximum absolute atomic E-state index is 11.2. The Morgan fingerprint density at radius 3 is 2.56 bits per heavy atom. The molecule has 0 spiro atoms. The van der Waals surface area contributed by atoms with Crippen LogP contribution in [0.5, 0.6) is 11.5 Å². The molecule has 0 atom stereocenters. The molecule has 98 valence electrons. The molecule has 0 aliphatic rings. The van der Waals surface area contributed by atoms with Gasteiger partial charge in [0.25, 0.3) is 0 Å². The Balaban J connectivity index is 2.70. The van der Waals surface area contributed by atoms with Gasteiger partial charge in [-0.1, -0.05) is 0 Å². The number of benzene rings is 1. The number of primary amides is 1. The van der Waals surface area contributed by atoms with Crippen molar-refractivity contribution in [1.82, 2.24) is 5.32 Å². The van der Waals surface area contributed by atoms with Crippen molar-refractivity contribution in [1.29, 1.82) is 0 Å². The van der Waals surface area contributed by atoms with Crippen LogP contribution in [0.2, 0.25) is 0 Å². The second-order valence-electron chi connectivity index (χ2n) is 3.33. The van der Waals surface area contributed by atoms with E-state index in [0.29, 0.717) is 17.2 Å². The number of nitrogens with two attached hydrogens (primary N) is 1. The molecule has 0 radical (unpaired) electrons. The van der Waals surface area contributed by atoms with Gasteiger partial charge >= 0.3 is 6.03 Å². The smallest absolute Gasteiger partial charge is 0.318 e. The Morgan fingerprint density at radius 2 is 2.00 bits per heavy atom. The molecule has 1 aromatic rings. The van der Waals surface area contributed by atoms with Gasteiger partial charge < -0.3 is 20.5 Å². The van der Waals surface area contributed by atoms with E-state index < -0.39 is 11.9 Å². The Hall–Kier alpha value is -2.44. The van der Waals surface area contributed by atoms with Crippen molar-refractivity contribution in [3.05, 3.63) is 18.2 Å². The van der Waals surface area contributed by atoms with Crippen molar-refractivity contribution >= 4 is 17.6 Å². The summed E-state index contributed by atoms with van der Waals surface area (Å²) in [5.41, 5.74) is 5.40. The van der Waals surface area contributed by atoms with E-state index in [1.165, 1.54) is 14.2 Å². The molecule has 0 unspecified atom stereocenters. The van der Waals surface area contributed by atoms with E-state index in [9.17, 15) is 9.59 Å². The van der Waals surface area contributed by atoms with Crippen LogP contribution >= 0.6 is 0 Å². The van der Waals surface area contributed by atoms with Crippen LogP contribution in [0, 0.1) is 0 Å². The van der Waals surface area contributed by atoms with Gasteiger partial charge in [0.15, 0.2) is 0 Å². The Bertz CT molecular complexity index is 448. The second-order valence-corrected chi connectivity index (χ2v) is 3.33. The first kappa shape index (κ1) is 13.6. The van der Waals surface area contributed by atoms with Gasteiger partial charge in [0.2, 0.25) is 5.91 Å². The molecule has 0 bridgehead atoms. The lowest BCUT2D eigenvalue weighted by Gasteiger charge is -2.12. The second kappa shape index (κ2) is 6.33. The molecule has 1 aromatic carbocycles. The minimum atomic E-state index is -0.889. The van der Waals surface area contributed by atoms with Crippen LogP contribution in [0.15, 0.2) is 18.2 Å². The fourth-order valence-electron chi connectivity index (χ4n) is 1.31. The maximum atomic E-state index is 11.2. The summed E-state index contributed by atoms with van der Waals surface area (Å²) in [6.07, 6.45) is 0. The summed E-state index contributed by atoms with van der Waals surface area (Å²) in [5, 5.41) is 4.76. The SMILES string of the molecule is COc1ccc(OC)c(NCC(=O)NC(N)=O)c1. The number of carbonyl (C=O) groups excluding carboxylic acids is 2. The minimum absolute atomic E-state index is 0.105. The number of nitrogens with one attached hydrogen (secondary N) is 2. The summed E-state index contributed by atoms with van der Waals surface area (Å²) < 4.78 is 10.2. The normalized spacial score (nSPS) is 9.44. The average molecular weight is 253 g/mol. The number of ether oxygens (including phenoxy) is 2. The molecule has 0 heterocycles. The van der Waals surface area contributed by atoms with Crippen LogP contribution in [0.4, 0.5) is 10.5 Å². The third-order valence-electron chi connectivity index (χ3n) is 2.11. The van der Waals surface area contributed by atoms with Crippen LogP contribution in [0.25, 0.3) is 0 Å². The van der Waals surface area contributed by atoms with E-state index in [-0.39, 0.29) is 6.54 Å². The number of imide groups is 1. The van der Waals surface area contributed by atoms with Gasteiger partial charge in [-0.2, -0.15) is 0 Å². The zero-order valence-electron chi connectivity index (χ0n) is 10.1. The number of amides is 3. The lowest BCUT2D eigenvalue weighted by atomic mass is 10.2. The predicted octanol–water partition coefficient (Wildman–Crippen LogP) is 0.311. The van der Waals surface area contributed by atoms with Crippen LogP contribution < -0.4 is 25.8 Å². The van der Waals surface area contributed by atoms with Crippen molar-refractivity contribution in [3.8, 4) is 11.5 Å². The number of methoxy groups -OCH3 is 2. The highest BCUT2D eigenvalue weighted by molar-refractivity contribution is 5.95. The maximum Gasteiger partial charge on any atom is 0.318 e. The monoisotopic (exact) mass is 253 g/mol. The van der Waals surface area contributed by atoms with Crippen LogP contribution in [0.3, 0.4) is 0 Å². The van der Waals surface area contributed by atoms with Gasteiger partial charge in [-0.05, 0) is 12.1 Å². The van der Waals surface area contributed by atoms with Crippen molar-refractivity contribution in [2.24, 2.45) is 5.73 Å². The van der Waals surface area contributed by atoms with Gasteiger partial charge in [0.05, 0.1) is 26.5 Å². The predicted molar refractivity (Wildman–Crippen MR) is 65.8 cm³/mol. The van der Waals surface area contributed by atoms with Crippen LogP contribution in [-0.2, 0) is 4.79 Å². The molecule has 3 amide bonds. The number of anilines is 1. The number of hydrogen-bond donors (Lipinski definition) is 3. The molecule has 0 saturated carbocycles. The molecule has 18 heavy (non-hydrogen) atoms. The minimum Gasteiger partial charge on any atom is -0.497 e. The number of hydrogen-bond acceptors (Lipinski definition) is 5. The van der Waals surface area contributed by atoms with Gasteiger partial charge in [-0.25, -0.2) is 4.79 Å². The number of carbonyl (C=O) groups is 2.